The van der Waals surface area contributed by atoms with E-state index in [2.05, 4.69) is 4.74 Å². The Morgan fingerprint density at radius 2 is 1.56 bits per heavy atom. The topological polar surface area (TPSA) is 79.2 Å². The minimum atomic E-state index is -4.94. The van der Waals surface area contributed by atoms with Crippen LogP contribution >= 0.6 is 0 Å². The third-order valence-corrected chi connectivity index (χ3v) is 2.96. The van der Waals surface area contributed by atoms with E-state index in [0.717, 1.165) is 24.8 Å². The number of methoxy groups -OCH3 is 1. The standard InChI is InChI=1S/C17H14F3NO6/c1-22-16(12-21,26-23-11-13-7-3-2-4-8-13)27-25-15-10-6-5-9-14(15)24-17(18,19)20/h2-10H,11H2,1H3. The van der Waals surface area contributed by atoms with Gasteiger partial charge in [0, 0.05) is 7.11 Å². The van der Waals surface area contributed by atoms with Gasteiger partial charge in [0.15, 0.2) is 11.8 Å². The molecule has 0 heterocycles. The molecule has 0 aliphatic heterocycles. The van der Waals surface area contributed by atoms with Gasteiger partial charge in [0.05, 0.1) is 0 Å². The quantitative estimate of drug-likeness (QED) is 0.368. The van der Waals surface area contributed by atoms with E-state index < -0.39 is 23.8 Å². The molecule has 2 rings (SSSR count). The number of rotatable bonds is 9. The normalized spacial score (nSPS) is 13.4. The number of nitrogens with zero attached hydrogens (tertiary/aromatic N) is 1. The molecule has 10 heteroatoms. The number of hydrogen-bond donors (Lipinski definition) is 0. The van der Waals surface area contributed by atoms with Crippen molar-refractivity contribution in [2.75, 3.05) is 7.11 Å². The van der Waals surface area contributed by atoms with E-state index in [4.69, 9.17) is 24.3 Å². The van der Waals surface area contributed by atoms with Crippen molar-refractivity contribution in [2.45, 2.75) is 18.9 Å². The molecule has 1 atom stereocenters. The average Bonchev–Trinajstić information content (AvgIpc) is 2.65. The molecular weight excluding hydrogens is 371 g/mol. The number of hydrogen-bond acceptors (Lipinski definition) is 7. The molecule has 27 heavy (non-hydrogen) atoms. The van der Waals surface area contributed by atoms with Crippen molar-refractivity contribution in [1.29, 1.82) is 5.26 Å². The number of nitriles is 1. The van der Waals surface area contributed by atoms with Crippen LogP contribution in [0.15, 0.2) is 54.6 Å². The number of para-hydroxylation sites is 2. The molecule has 2 aromatic carbocycles. The van der Waals surface area contributed by atoms with Gasteiger partial charge in [-0.05, 0) is 17.7 Å². The van der Waals surface area contributed by atoms with Crippen LogP contribution in [0.5, 0.6) is 11.5 Å². The second kappa shape index (κ2) is 9.20. The zero-order valence-corrected chi connectivity index (χ0v) is 13.9. The first-order chi connectivity index (χ1) is 12.9. The molecule has 0 N–H and O–H groups in total. The van der Waals surface area contributed by atoms with Gasteiger partial charge in [-0.1, -0.05) is 42.5 Å². The Labute approximate surface area is 152 Å². The van der Waals surface area contributed by atoms with Gasteiger partial charge < -0.3 is 14.4 Å². The highest BCUT2D eigenvalue weighted by Gasteiger charge is 2.39. The summed E-state index contributed by atoms with van der Waals surface area (Å²) in [5, 5.41) is 9.21. The predicted octanol–water partition coefficient (Wildman–Crippen LogP) is 3.87. The highest BCUT2D eigenvalue weighted by atomic mass is 19.4. The smallest absolute Gasteiger partial charge is 0.402 e. The zero-order chi connectivity index (χ0) is 19.8. The fourth-order valence-electron chi connectivity index (χ4n) is 1.74. The number of benzene rings is 2. The van der Waals surface area contributed by atoms with Gasteiger partial charge in [0.2, 0.25) is 5.75 Å². The molecule has 0 fully saturated rings. The Hall–Kier alpha value is -2.84. The van der Waals surface area contributed by atoms with Crippen LogP contribution in [0.2, 0.25) is 0 Å². The maximum Gasteiger partial charge on any atom is 0.573 e. The third kappa shape index (κ3) is 6.43. The monoisotopic (exact) mass is 385 g/mol. The van der Waals surface area contributed by atoms with Crippen molar-refractivity contribution in [3.05, 3.63) is 60.2 Å². The van der Waals surface area contributed by atoms with E-state index in [-0.39, 0.29) is 6.61 Å². The van der Waals surface area contributed by atoms with Gasteiger partial charge >= 0.3 is 12.3 Å². The SMILES string of the molecule is COC(C#N)(OOCc1ccccc1)OOc1ccccc1OC(F)(F)F. The Morgan fingerprint density at radius 3 is 2.15 bits per heavy atom. The molecule has 0 bridgehead atoms. The van der Waals surface area contributed by atoms with Gasteiger partial charge in [0.1, 0.15) is 6.61 Å². The fourth-order valence-corrected chi connectivity index (χ4v) is 1.74. The van der Waals surface area contributed by atoms with Crippen molar-refractivity contribution >= 4 is 0 Å². The largest absolute Gasteiger partial charge is 0.573 e. The first-order valence-electron chi connectivity index (χ1n) is 7.39. The highest BCUT2D eigenvalue weighted by molar-refractivity contribution is 5.39. The summed E-state index contributed by atoms with van der Waals surface area (Å²) >= 11 is 0. The van der Waals surface area contributed by atoms with E-state index in [1.165, 1.54) is 18.2 Å². The summed E-state index contributed by atoms with van der Waals surface area (Å²) in [6.07, 6.45) is -4.94. The van der Waals surface area contributed by atoms with Crippen LogP contribution in [0.3, 0.4) is 0 Å². The molecule has 0 radical (unpaired) electrons. The van der Waals surface area contributed by atoms with Crippen molar-refractivity contribution in [3.8, 4) is 17.6 Å². The Morgan fingerprint density at radius 1 is 0.926 bits per heavy atom. The van der Waals surface area contributed by atoms with E-state index in [9.17, 15) is 18.4 Å². The van der Waals surface area contributed by atoms with Crippen LogP contribution in [0.25, 0.3) is 0 Å². The maximum atomic E-state index is 12.4. The molecule has 2 aromatic rings. The van der Waals surface area contributed by atoms with Crippen LogP contribution in [0.4, 0.5) is 13.2 Å². The Balaban J connectivity index is 2.00. The minimum Gasteiger partial charge on any atom is -0.402 e. The fraction of sp³-hybridized carbons (Fsp3) is 0.235. The second-order valence-corrected chi connectivity index (χ2v) is 4.86. The van der Waals surface area contributed by atoms with Crippen LogP contribution in [0, 0.1) is 11.3 Å². The zero-order valence-electron chi connectivity index (χ0n) is 13.9. The molecule has 7 nitrogen and oxygen atoms in total. The summed E-state index contributed by atoms with van der Waals surface area (Å²) in [6, 6.07) is 15.1. The second-order valence-electron chi connectivity index (χ2n) is 4.86. The van der Waals surface area contributed by atoms with E-state index in [0.29, 0.717) is 0 Å². The first kappa shape index (κ1) is 20.5. The summed E-state index contributed by atoms with van der Waals surface area (Å²) < 4.78 is 45.8. The number of alkyl halides is 3. The van der Waals surface area contributed by atoms with Crippen molar-refractivity contribution in [1.82, 2.24) is 0 Å². The highest BCUT2D eigenvalue weighted by Crippen LogP contribution is 2.33. The van der Waals surface area contributed by atoms with Gasteiger partial charge in [-0.2, -0.15) is 10.1 Å². The Kier molecular flexibility index (Phi) is 6.98. The lowest BCUT2D eigenvalue weighted by atomic mass is 10.2. The summed E-state index contributed by atoms with van der Waals surface area (Å²) in [6.45, 7) is -0.0508. The summed E-state index contributed by atoms with van der Waals surface area (Å²) in [4.78, 5) is 19.2. The lowest BCUT2D eigenvalue weighted by molar-refractivity contribution is -0.535. The average molecular weight is 385 g/mol. The first-order valence-corrected chi connectivity index (χ1v) is 7.39. The van der Waals surface area contributed by atoms with E-state index in [1.807, 2.05) is 0 Å². The van der Waals surface area contributed by atoms with Crippen molar-refractivity contribution < 1.29 is 42.2 Å². The van der Waals surface area contributed by atoms with Crippen LogP contribution in [-0.4, -0.2) is 19.4 Å². The Bertz CT molecular complexity index is 765. The lowest BCUT2D eigenvalue weighted by Gasteiger charge is -2.22. The molecule has 0 aliphatic carbocycles. The summed E-state index contributed by atoms with van der Waals surface area (Å²) in [7, 11) is 1.05. The lowest BCUT2D eigenvalue weighted by Crippen LogP contribution is -2.38. The van der Waals surface area contributed by atoms with E-state index >= 15 is 0 Å². The maximum absolute atomic E-state index is 12.4. The molecule has 0 aromatic heterocycles. The molecular formula is C17H14F3NO6. The number of ether oxygens (including phenoxy) is 2. The third-order valence-electron chi connectivity index (χ3n) is 2.96. The van der Waals surface area contributed by atoms with Gasteiger partial charge in [-0.3, -0.25) is 0 Å². The summed E-state index contributed by atoms with van der Waals surface area (Å²) in [5.74, 6) is -3.63. The molecule has 0 saturated carbocycles. The molecule has 0 amide bonds. The predicted molar refractivity (Wildman–Crippen MR) is 82.5 cm³/mol. The number of halogens is 3. The molecule has 1 unspecified atom stereocenters. The van der Waals surface area contributed by atoms with Crippen molar-refractivity contribution in [3.63, 3.8) is 0 Å². The molecule has 0 spiro atoms. The van der Waals surface area contributed by atoms with Crippen LogP contribution < -0.4 is 9.62 Å². The van der Waals surface area contributed by atoms with Gasteiger partial charge in [-0.15, -0.1) is 18.1 Å². The van der Waals surface area contributed by atoms with E-state index in [1.54, 1.807) is 30.3 Å². The van der Waals surface area contributed by atoms with Crippen LogP contribution in [-0.2, 0) is 26.0 Å². The van der Waals surface area contributed by atoms with Gasteiger partial charge in [0.25, 0.3) is 0 Å². The molecule has 0 saturated heterocycles. The van der Waals surface area contributed by atoms with Crippen molar-refractivity contribution in [2.24, 2.45) is 0 Å². The van der Waals surface area contributed by atoms with Gasteiger partial charge in [-0.25, -0.2) is 4.89 Å². The summed E-state index contributed by atoms with van der Waals surface area (Å²) in [5.41, 5.74) is 0.727. The minimum absolute atomic E-state index is 0.0508. The molecule has 0 aliphatic rings. The molecule has 144 valence electrons. The van der Waals surface area contributed by atoms with Crippen LogP contribution in [0.1, 0.15) is 5.56 Å².